The molecule has 1 unspecified atom stereocenters. The van der Waals surface area contributed by atoms with Crippen molar-refractivity contribution in [1.82, 2.24) is 35.3 Å². The predicted octanol–water partition coefficient (Wildman–Crippen LogP) is 7.50. The van der Waals surface area contributed by atoms with E-state index in [2.05, 4.69) is 32.7 Å². The number of aliphatic hydroxyl groups excluding tert-OH is 1. The third-order valence-corrected chi connectivity index (χ3v) is 14.8. The average molecular weight is 943 g/mol. The summed E-state index contributed by atoms with van der Waals surface area (Å²) >= 11 is 3.17. The number of aliphatic hydroxyl groups is 1. The Kier molecular flexibility index (Phi) is 13.0. The van der Waals surface area contributed by atoms with E-state index >= 15 is 0 Å². The number of rotatable bonds is 11. The molecule has 17 heteroatoms. The van der Waals surface area contributed by atoms with Crippen LogP contribution in [-0.4, -0.2) is 96.1 Å². The maximum absolute atomic E-state index is 14.4. The van der Waals surface area contributed by atoms with E-state index in [0.717, 1.165) is 48.3 Å². The van der Waals surface area contributed by atoms with Gasteiger partial charge in [-0.1, -0.05) is 69.3 Å². The number of β-amino-alcohol motifs (C(OH)–C–C–N with tert-alkyl or cyclic N) is 1. The van der Waals surface area contributed by atoms with Crippen molar-refractivity contribution in [2.75, 3.05) is 13.7 Å². The highest BCUT2D eigenvalue weighted by Gasteiger charge is 2.45. The number of aryl methyl sites for hydroxylation is 3. The lowest BCUT2D eigenvalue weighted by Gasteiger charge is -2.35. The lowest BCUT2D eigenvalue weighted by Crippen LogP contribution is -2.57. The summed E-state index contributed by atoms with van der Waals surface area (Å²) < 4.78 is 6.99. The molecule has 0 saturated carbocycles. The number of esters is 1. The van der Waals surface area contributed by atoms with E-state index in [1.807, 2.05) is 107 Å². The first-order valence-electron chi connectivity index (χ1n) is 22.1. The minimum Gasteiger partial charge on any atom is -0.507 e. The van der Waals surface area contributed by atoms with Gasteiger partial charge in [0, 0.05) is 40.1 Å². The summed E-state index contributed by atoms with van der Waals surface area (Å²) in [7, 11) is 1.34. The Hall–Kier alpha value is -6.56. The molecule has 1 saturated heterocycles. The van der Waals surface area contributed by atoms with Crippen LogP contribution in [0.15, 0.2) is 77.2 Å². The molecule has 0 spiro atoms. The summed E-state index contributed by atoms with van der Waals surface area (Å²) in [6.07, 6.45) is -0.897. The average Bonchev–Trinajstić information content (AvgIpc) is 4.07. The monoisotopic (exact) mass is 942 g/mol. The van der Waals surface area contributed by atoms with Crippen LogP contribution in [0, 0.1) is 33.1 Å². The molecule has 5 atom stereocenters. The highest BCUT2D eigenvalue weighted by Crippen LogP contribution is 2.40. The topological polar surface area (TPSA) is 201 Å². The second-order valence-corrected chi connectivity index (χ2v) is 20.3. The van der Waals surface area contributed by atoms with Gasteiger partial charge in [-0.15, -0.1) is 32.9 Å². The van der Waals surface area contributed by atoms with Gasteiger partial charge in [-0.05, 0) is 80.5 Å². The molecule has 0 bridgehead atoms. The fourth-order valence-corrected chi connectivity index (χ4v) is 10.7. The van der Waals surface area contributed by atoms with Gasteiger partial charge < -0.3 is 30.5 Å². The third-order valence-electron chi connectivity index (χ3n) is 12.6. The van der Waals surface area contributed by atoms with Gasteiger partial charge in [0.1, 0.15) is 34.7 Å². The van der Waals surface area contributed by atoms with Gasteiger partial charge in [0.25, 0.3) is 5.91 Å². The molecule has 2 aliphatic heterocycles. The third kappa shape index (κ3) is 9.27. The number of carbonyl (C=O) groups excluding carboxylic acids is 4. The lowest BCUT2D eigenvalue weighted by molar-refractivity contribution is -0.142. The number of methoxy groups -OCH3 is 1. The number of aliphatic imine (C=N–C) groups is 1. The van der Waals surface area contributed by atoms with Crippen molar-refractivity contribution in [3.63, 3.8) is 0 Å². The number of fused-ring (bicyclic) bond motifs is 3. The summed E-state index contributed by atoms with van der Waals surface area (Å²) in [6, 6.07) is 16.9. The van der Waals surface area contributed by atoms with E-state index in [1.165, 1.54) is 18.1 Å². The second-order valence-electron chi connectivity index (χ2n) is 18.3. The van der Waals surface area contributed by atoms with Gasteiger partial charge in [0.05, 0.1) is 47.5 Å². The van der Waals surface area contributed by atoms with Crippen molar-refractivity contribution in [1.29, 1.82) is 0 Å². The van der Waals surface area contributed by atoms with E-state index in [0.29, 0.717) is 28.5 Å². The van der Waals surface area contributed by atoms with Crippen molar-refractivity contribution >= 4 is 52.1 Å². The van der Waals surface area contributed by atoms with Crippen LogP contribution in [-0.2, 0) is 19.1 Å². The first-order valence-corrected chi connectivity index (χ1v) is 23.7. The maximum Gasteiger partial charge on any atom is 0.308 e. The second kappa shape index (κ2) is 18.6. The molecule has 4 N–H and O–H groups in total. The Bertz CT molecular complexity index is 2910. The molecule has 8 rings (SSSR count). The predicted molar refractivity (Wildman–Crippen MR) is 258 cm³/mol. The fraction of sp³-hybridized carbons (Fsp3) is 0.360. The van der Waals surface area contributed by atoms with E-state index in [9.17, 15) is 29.4 Å². The molecule has 0 radical (unpaired) electrons. The Balaban J connectivity index is 0.983. The van der Waals surface area contributed by atoms with Crippen LogP contribution in [0.1, 0.15) is 107 Å². The minimum absolute atomic E-state index is 0.0222. The molecule has 3 amide bonds. The van der Waals surface area contributed by atoms with Crippen molar-refractivity contribution in [3.05, 3.63) is 122 Å². The van der Waals surface area contributed by atoms with Crippen molar-refractivity contribution < 1.29 is 34.1 Å². The highest BCUT2D eigenvalue weighted by atomic mass is 32.1. The van der Waals surface area contributed by atoms with Crippen LogP contribution in [0.2, 0.25) is 0 Å². The molecule has 348 valence electrons. The number of phenols is 1. The van der Waals surface area contributed by atoms with E-state index in [-0.39, 0.29) is 36.7 Å². The number of nitrogens with zero attached hydrogens (tertiary/aromatic N) is 6. The Morgan fingerprint density at radius 3 is 2.25 bits per heavy atom. The summed E-state index contributed by atoms with van der Waals surface area (Å²) in [5.74, 6) is -0.830. The number of benzene rings is 3. The first-order chi connectivity index (χ1) is 31.8. The molecule has 0 aliphatic carbocycles. The number of aromatic hydroxyl groups is 1. The maximum atomic E-state index is 14.4. The van der Waals surface area contributed by atoms with Gasteiger partial charge in [-0.25, -0.2) is 4.98 Å². The van der Waals surface area contributed by atoms with Crippen LogP contribution in [0.3, 0.4) is 0 Å². The smallest absolute Gasteiger partial charge is 0.308 e. The number of aromatic nitrogens is 4. The highest BCUT2D eigenvalue weighted by molar-refractivity contribution is 7.15. The van der Waals surface area contributed by atoms with Crippen LogP contribution >= 0.6 is 22.7 Å². The molecule has 3 aromatic heterocycles. The molecule has 5 heterocycles. The van der Waals surface area contributed by atoms with Gasteiger partial charge in [0.2, 0.25) is 11.8 Å². The summed E-state index contributed by atoms with van der Waals surface area (Å²) in [5, 5.41) is 37.7. The first kappa shape index (κ1) is 47.0. The number of thiophene rings is 1. The molecule has 67 heavy (non-hydrogen) atoms. The summed E-state index contributed by atoms with van der Waals surface area (Å²) in [6.45, 7) is 15.2. The van der Waals surface area contributed by atoms with Crippen LogP contribution in [0.5, 0.6) is 5.75 Å². The van der Waals surface area contributed by atoms with Gasteiger partial charge in [0.15, 0.2) is 5.82 Å². The standard InChI is InChI=1S/C50H54N8O7S2/c1-25-28(4)67-49-41(25)42(53-37(22-40(61)65-9)45-56-55-29(5)58(45)49)32-14-12-31(13-15-32)36-19-18-34(20-39(36)60)46(62)54-44(50(6,7)8)48(64)57-23-35(59)21-38(57)47(63)52-26(2)30-10-16-33(17-11-30)43-27(3)51-24-66-43/h10-20,24,26,35,37-38,44,59-60H,21-23H2,1-9H3,(H,52,63)(H,54,62)/t26-,35+,37-,38-,44?/m0/s1. The molecule has 3 aromatic carbocycles. The molecule has 6 aromatic rings. The van der Waals surface area contributed by atoms with Gasteiger partial charge in [-0.2, -0.15) is 0 Å². The Labute approximate surface area is 397 Å². The number of amides is 3. The molecular formula is C50H54N8O7S2. The van der Waals surface area contributed by atoms with Crippen molar-refractivity contribution in [3.8, 4) is 32.3 Å². The zero-order valence-electron chi connectivity index (χ0n) is 38.9. The number of hydrogen-bond acceptors (Lipinski definition) is 13. The van der Waals surface area contributed by atoms with Crippen molar-refractivity contribution in [2.24, 2.45) is 10.4 Å². The number of nitrogens with one attached hydrogen (secondary N) is 2. The summed E-state index contributed by atoms with van der Waals surface area (Å²) in [4.78, 5) is 67.7. The number of hydrogen-bond donors (Lipinski definition) is 4. The Morgan fingerprint density at radius 2 is 1.61 bits per heavy atom. The molecule has 15 nitrogen and oxygen atoms in total. The largest absolute Gasteiger partial charge is 0.507 e. The van der Waals surface area contributed by atoms with Crippen LogP contribution in [0.25, 0.3) is 26.6 Å². The van der Waals surface area contributed by atoms with E-state index in [4.69, 9.17) is 9.73 Å². The quantitative estimate of drug-likeness (QED) is 0.0943. The molecule has 1 fully saturated rings. The SMILES string of the molecule is COC(=O)C[C@@H]1N=C(c2ccc(-c3ccc(C(=O)NC(C(=O)N4C[C@H](O)C[C@H]4C(=O)N[C@@H](C)c4ccc(-c5scnc5C)cc4)C(C)(C)C)cc3O)cc2)c2c(sc(C)c2C)-n2c(C)nnc21. The normalized spacial score (nSPS) is 17.7. The van der Waals surface area contributed by atoms with Gasteiger partial charge in [-0.3, -0.25) is 28.7 Å². The van der Waals surface area contributed by atoms with Crippen molar-refractivity contribution in [2.45, 2.75) is 98.5 Å². The molecule has 2 aliphatic rings. The Morgan fingerprint density at radius 1 is 0.925 bits per heavy atom. The van der Waals surface area contributed by atoms with Crippen LogP contribution < -0.4 is 10.6 Å². The number of carbonyl (C=O) groups is 4. The number of phenolic OH excluding ortho intramolecular Hbond substituents is 1. The molecular weight excluding hydrogens is 889 g/mol. The number of thiazole rings is 1. The zero-order chi connectivity index (χ0) is 48.1. The zero-order valence-corrected chi connectivity index (χ0v) is 40.5. The number of ether oxygens (including phenoxy) is 1. The van der Waals surface area contributed by atoms with Crippen LogP contribution in [0.4, 0.5) is 0 Å². The fourth-order valence-electron chi connectivity index (χ4n) is 8.72. The summed E-state index contributed by atoms with van der Waals surface area (Å²) in [5.41, 5.74) is 8.61. The van der Waals surface area contributed by atoms with E-state index in [1.54, 1.807) is 34.8 Å². The minimum atomic E-state index is -1.08. The lowest BCUT2D eigenvalue weighted by atomic mass is 9.85. The van der Waals surface area contributed by atoms with Gasteiger partial charge >= 0.3 is 5.97 Å². The number of likely N-dealkylation sites (tertiary alicyclic amines) is 1. The van der Waals surface area contributed by atoms with E-state index < -0.39 is 53.3 Å².